The fourth-order valence-electron chi connectivity index (χ4n) is 2.76. The van der Waals surface area contributed by atoms with E-state index in [1.54, 1.807) is 0 Å². The number of benzene rings is 1. The van der Waals surface area contributed by atoms with Crippen LogP contribution in [0.15, 0.2) is 18.2 Å². The molecule has 0 saturated heterocycles. The van der Waals surface area contributed by atoms with Crippen molar-refractivity contribution < 1.29 is 4.74 Å². The van der Waals surface area contributed by atoms with Gasteiger partial charge in [-0.2, -0.15) is 0 Å². The van der Waals surface area contributed by atoms with Crippen molar-refractivity contribution in [2.75, 3.05) is 11.9 Å². The predicted octanol–water partition coefficient (Wildman–Crippen LogP) is 2.30. The molecule has 2 aliphatic rings. The van der Waals surface area contributed by atoms with Crippen LogP contribution in [0.1, 0.15) is 31.2 Å². The average molecular weight is 232 g/mol. The van der Waals surface area contributed by atoms with Crippen LogP contribution in [0.25, 0.3) is 0 Å². The molecule has 92 valence electrons. The Morgan fingerprint density at radius 2 is 2.00 bits per heavy atom. The Morgan fingerprint density at radius 1 is 1.18 bits per heavy atom. The molecule has 1 aromatic rings. The minimum absolute atomic E-state index is 0.413. The summed E-state index contributed by atoms with van der Waals surface area (Å²) >= 11 is 0. The maximum atomic E-state index is 5.92. The number of anilines is 1. The number of ether oxygens (including phenoxy) is 1. The van der Waals surface area contributed by atoms with Gasteiger partial charge in [0.25, 0.3) is 0 Å². The van der Waals surface area contributed by atoms with Crippen LogP contribution in [0.3, 0.4) is 0 Å². The second-order valence-electron chi connectivity index (χ2n) is 5.18. The molecule has 3 heteroatoms. The number of rotatable bonds is 2. The van der Waals surface area contributed by atoms with Crippen LogP contribution in [-0.2, 0) is 6.42 Å². The van der Waals surface area contributed by atoms with Crippen LogP contribution in [0.2, 0.25) is 0 Å². The summed E-state index contributed by atoms with van der Waals surface area (Å²) in [4.78, 5) is 0. The lowest BCUT2D eigenvalue weighted by atomic mass is 9.91. The topological polar surface area (TPSA) is 47.3 Å². The van der Waals surface area contributed by atoms with Crippen molar-refractivity contribution in [1.82, 2.24) is 0 Å². The molecule has 3 nitrogen and oxygen atoms in total. The highest BCUT2D eigenvalue weighted by molar-refractivity contribution is 5.53. The quantitative estimate of drug-likeness (QED) is 0.822. The van der Waals surface area contributed by atoms with Gasteiger partial charge >= 0.3 is 0 Å². The second kappa shape index (κ2) is 4.57. The van der Waals surface area contributed by atoms with E-state index in [-0.39, 0.29) is 0 Å². The van der Waals surface area contributed by atoms with E-state index >= 15 is 0 Å². The zero-order valence-electron chi connectivity index (χ0n) is 10.1. The molecule has 3 rings (SSSR count). The van der Waals surface area contributed by atoms with Crippen LogP contribution in [0.4, 0.5) is 5.69 Å². The van der Waals surface area contributed by atoms with E-state index < -0.39 is 0 Å². The van der Waals surface area contributed by atoms with Crippen LogP contribution >= 0.6 is 0 Å². The first-order chi connectivity index (χ1) is 8.31. The zero-order valence-corrected chi connectivity index (χ0v) is 10.1. The third-order valence-electron chi connectivity index (χ3n) is 3.84. The summed E-state index contributed by atoms with van der Waals surface area (Å²) in [6, 6.07) is 7.48. The molecule has 1 aromatic carbocycles. The van der Waals surface area contributed by atoms with Gasteiger partial charge in [-0.15, -0.1) is 0 Å². The number of fused-ring (bicyclic) bond motifs is 1. The molecule has 0 atom stereocenters. The van der Waals surface area contributed by atoms with Crippen molar-refractivity contribution in [3.63, 3.8) is 0 Å². The molecule has 1 aliphatic heterocycles. The monoisotopic (exact) mass is 232 g/mol. The van der Waals surface area contributed by atoms with Crippen LogP contribution in [0.5, 0.6) is 5.75 Å². The summed E-state index contributed by atoms with van der Waals surface area (Å²) in [7, 11) is 0. The van der Waals surface area contributed by atoms with E-state index in [1.165, 1.54) is 24.1 Å². The van der Waals surface area contributed by atoms with E-state index in [1.807, 2.05) is 0 Å². The van der Waals surface area contributed by atoms with Gasteiger partial charge in [-0.05, 0) is 37.3 Å². The summed E-state index contributed by atoms with van der Waals surface area (Å²) in [5, 5.41) is 3.60. The molecule has 0 spiro atoms. The van der Waals surface area contributed by atoms with E-state index in [0.29, 0.717) is 12.1 Å². The van der Waals surface area contributed by atoms with Crippen molar-refractivity contribution >= 4 is 5.69 Å². The zero-order chi connectivity index (χ0) is 11.7. The number of hydrogen-bond acceptors (Lipinski definition) is 3. The smallest absolute Gasteiger partial charge is 0.124 e. The molecular formula is C14H20N2O. The summed E-state index contributed by atoms with van der Waals surface area (Å²) in [5.74, 6) is 1.06. The Morgan fingerprint density at radius 3 is 2.82 bits per heavy atom. The summed E-state index contributed by atoms with van der Waals surface area (Å²) in [5.41, 5.74) is 8.44. The van der Waals surface area contributed by atoms with E-state index in [4.69, 9.17) is 10.5 Å². The highest BCUT2D eigenvalue weighted by Gasteiger charge is 2.19. The molecule has 0 amide bonds. The molecule has 1 fully saturated rings. The molecule has 0 unspecified atom stereocenters. The molecule has 0 aromatic heterocycles. The fraction of sp³-hybridized carbons (Fsp3) is 0.571. The van der Waals surface area contributed by atoms with E-state index in [2.05, 4.69) is 23.5 Å². The normalized spacial score (nSPS) is 27.4. The summed E-state index contributed by atoms with van der Waals surface area (Å²) in [6.45, 7) is 0.830. The molecule has 3 N–H and O–H groups in total. The molecular weight excluding hydrogens is 212 g/mol. The van der Waals surface area contributed by atoms with Crippen molar-refractivity contribution in [3.05, 3.63) is 23.8 Å². The first-order valence-electron chi connectivity index (χ1n) is 6.59. The highest BCUT2D eigenvalue weighted by Crippen LogP contribution is 2.29. The highest BCUT2D eigenvalue weighted by atomic mass is 16.5. The molecule has 1 saturated carbocycles. The SMILES string of the molecule is NC1CCC(Nc2ccc3c(c2)OCC3)CC1. The van der Waals surface area contributed by atoms with Gasteiger partial charge in [0.1, 0.15) is 5.75 Å². The molecule has 1 aliphatic carbocycles. The maximum absolute atomic E-state index is 5.92. The first kappa shape index (κ1) is 10.9. The lowest BCUT2D eigenvalue weighted by Crippen LogP contribution is -2.32. The first-order valence-corrected chi connectivity index (χ1v) is 6.59. The Kier molecular flexibility index (Phi) is 2.93. The van der Waals surface area contributed by atoms with E-state index in [0.717, 1.165) is 31.6 Å². The van der Waals surface area contributed by atoms with E-state index in [9.17, 15) is 0 Å². The minimum atomic E-state index is 0.413. The lowest BCUT2D eigenvalue weighted by molar-refractivity contribution is 0.357. The molecule has 0 bridgehead atoms. The Balaban J connectivity index is 1.65. The Labute approximate surface area is 102 Å². The van der Waals surface area contributed by atoms with Gasteiger partial charge in [-0.1, -0.05) is 6.07 Å². The van der Waals surface area contributed by atoms with Gasteiger partial charge in [0.2, 0.25) is 0 Å². The maximum Gasteiger partial charge on any atom is 0.124 e. The van der Waals surface area contributed by atoms with Gasteiger partial charge in [-0.25, -0.2) is 0 Å². The number of hydrogen-bond donors (Lipinski definition) is 2. The van der Waals surface area contributed by atoms with Gasteiger partial charge < -0.3 is 15.8 Å². The molecule has 1 heterocycles. The predicted molar refractivity (Wildman–Crippen MR) is 69.5 cm³/mol. The third kappa shape index (κ3) is 2.39. The number of nitrogens with two attached hydrogens (primary N) is 1. The Bertz CT molecular complexity index is 397. The lowest BCUT2D eigenvalue weighted by Gasteiger charge is -2.27. The number of nitrogens with one attached hydrogen (secondary N) is 1. The molecule has 0 radical (unpaired) electrons. The summed E-state index contributed by atoms with van der Waals surface area (Å²) < 4.78 is 5.59. The largest absolute Gasteiger partial charge is 0.493 e. The van der Waals surface area contributed by atoms with Gasteiger partial charge in [0, 0.05) is 30.3 Å². The van der Waals surface area contributed by atoms with Gasteiger partial charge in [0.15, 0.2) is 0 Å². The Hall–Kier alpha value is -1.22. The minimum Gasteiger partial charge on any atom is -0.493 e. The standard InChI is InChI=1S/C14H20N2O/c15-11-2-5-12(6-3-11)16-13-4-1-10-7-8-17-14(10)9-13/h1,4,9,11-12,16H,2-3,5-8,15H2. The van der Waals surface area contributed by atoms with Crippen molar-refractivity contribution in [3.8, 4) is 5.75 Å². The fourth-order valence-corrected chi connectivity index (χ4v) is 2.76. The van der Waals surface area contributed by atoms with Gasteiger partial charge in [-0.3, -0.25) is 0 Å². The van der Waals surface area contributed by atoms with Crippen molar-refractivity contribution in [2.24, 2.45) is 5.73 Å². The second-order valence-corrected chi connectivity index (χ2v) is 5.18. The molecule has 17 heavy (non-hydrogen) atoms. The van der Waals surface area contributed by atoms with Crippen LogP contribution in [0, 0.1) is 0 Å². The average Bonchev–Trinajstić information content (AvgIpc) is 2.79. The van der Waals surface area contributed by atoms with Gasteiger partial charge in [0.05, 0.1) is 6.61 Å². The third-order valence-corrected chi connectivity index (χ3v) is 3.84. The van der Waals surface area contributed by atoms with Crippen LogP contribution < -0.4 is 15.8 Å². The van der Waals surface area contributed by atoms with Crippen molar-refractivity contribution in [1.29, 1.82) is 0 Å². The van der Waals surface area contributed by atoms with Crippen LogP contribution in [-0.4, -0.2) is 18.7 Å². The summed E-state index contributed by atoms with van der Waals surface area (Å²) in [6.07, 6.45) is 5.68. The van der Waals surface area contributed by atoms with Crippen molar-refractivity contribution in [2.45, 2.75) is 44.2 Å².